The maximum Gasteiger partial charge on any atom is 0.331 e. The number of carbonyl (C=O) groups is 1. The molecule has 0 unspecified atom stereocenters. The molecule has 0 bridgehead atoms. The molecule has 3 aromatic carbocycles. The molecule has 1 saturated heterocycles. The van der Waals surface area contributed by atoms with E-state index in [-0.39, 0.29) is 33.8 Å². The van der Waals surface area contributed by atoms with E-state index < -0.39 is 66.0 Å². The fourth-order valence-corrected chi connectivity index (χ4v) is 4.51. The molecule has 4 aromatic rings. The quantitative estimate of drug-likeness (QED) is 0.120. The standard InChI is InChI=1S/C30H26O13/c31-13-21-24(37)28(42-22(36)10-3-14-1-6-16(32)7-2-14)26(39)30(41-21)43-29-25(38)23-19(35)11-18(34)12-20(23)40-27(29)15-4-8-17(33)9-5-15/h1-12,21,24,26,28,30-35,37,39H,13H2/b10-3+/t21-,24-,26-,28-,30+/m1/s1. The molecule has 13 nitrogen and oxygen atoms in total. The predicted molar refractivity (Wildman–Crippen MR) is 148 cm³/mol. The molecule has 1 aliphatic rings. The number of rotatable bonds is 7. The molecule has 0 amide bonds. The minimum absolute atomic E-state index is 0.0247. The Labute approximate surface area is 242 Å². The van der Waals surface area contributed by atoms with Crippen LogP contribution < -0.4 is 10.2 Å². The molecule has 2 heterocycles. The van der Waals surface area contributed by atoms with Gasteiger partial charge < -0.3 is 54.4 Å². The van der Waals surface area contributed by atoms with Crippen LogP contribution in [0.4, 0.5) is 0 Å². The molecule has 1 aromatic heterocycles. The smallest absolute Gasteiger partial charge is 0.331 e. The summed E-state index contributed by atoms with van der Waals surface area (Å²) in [6.07, 6.45) is -6.15. The lowest BCUT2D eigenvalue weighted by atomic mass is 9.99. The van der Waals surface area contributed by atoms with E-state index in [1.165, 1.54) is 54.6 Å². The summed E-state index contributed by atoms with van der Waals surface area (Å²) in [6.45, 7) is -0.789. The average Bonchev–Trinajstić information content (AvgIpc) is 2.97. The van der Waals surface area contributed by atoms with E-state index in [9.17, 15) is 45.3 Å². The second kappa shape index (κ2) is 12.0. The highest BCUT2D eigenvalue weighted by atomic mass is 16.7. The first kappa shape index (κ1) is 29.4. The van der Waals surface area contributed by atoms with Crippen molar-refractivity contribution in [3.05, 3.63) is 82.5 Å². The van der Waals surface area contributed by atoms with Crippen LogP contribution in [0.1, 0.15) is 5.56 Å². The van der Waals surface area contributed by atoms with Gasteiger partial charge in [-0.1, -0.05) is 12.1 Å². The van der Waals surface area contributed by atoms with Gasteiger partial charge in [0.05, 0.1) is 6.61 Å². The third-order valence-electron chi connectivity index (χ3n) is 6.66. The Morgan fingerprint density at radius 2 is 1.53 bits per heavy atom. The number of ether oxygens (including phenoxy) is 3. The number of aromatic hydroxyl groups is 4. The Hall–Kier alpha value is -5.08. The number of aliphatic hydroxyl groups is 3. The van der Waals surface area contributed by atoms with Crippen LogP contribution in [0.15, 0.2) is 76.0 Å². The number of hydrogen-bond acceptors (Lipinski definition) is 13. The van der Waals surface area contributed by atoms with Crippen LogP contribution in [0.25, 0.3) is 28.4 Å². The zero-order chi connectivity index (χ0) is 30.8. The number of phenols is 4. The zero-order valence-corrected chi connectivity index (χ0v) is 22.1. The van der Waals surface area contributed by atoms with E-state index in [1.807, 2.05) is 0 Å². The predicted octanol–water partition coefficient (Wildman–Crippen LogP) is 1.73. The summed E-state index contributed by atoms with van der Waals surface area (Å²) in [7, 11) is 0. The van der Waals surface area contributed by atoms with E-state index in [0.29, 0.717) is 5.56 Å². The third kappa shape index (κ3) is 6.10. The van der Waals surface area contributed by atoms with Crippen LogP contribution in [0.5, 0.6) is 28.7 Å². The molecule has 0 spiro atoms. The molecular weight excluding hydrogens is 568 g/mol. The van der Waals surface area contributed by atoms with Crippen molar-refractivity contribution in [3.8, 4) is 40.1 Å². The number of hydrogen-bond donors (Lipinski definition) is 7. The minimum Gasteiger partial charge on any atom is -0.508 e. The summed E-state index contributed by atoms with van der Waals surface area (Å²) < 4.78 is 22.4. The second-order valence-electron chi connectivity index (χ2n) is 9.63. The van der Waals surface area contributed by atoms with Gasteiger partial charge in [-0.2, -0.15) is 0 Å². The van der Waals surface area contributed by atoms with Crippen molar-refractivity contribution in [2.24, 2.45) is 0 Å². The topological polar surface area (TPSA) is 217 Å². The van der Waals surface area contributed by atoms with Gasteiger partial charge in [0.25, 0.3) is 0 Å². The summed E-state index contributed by atoms with van der Waals surface area (Å²) in [4.78, 5) is 26.2. The lowest BCUT2D eigenvalue weighted by Gasteiger charge is -2.41. The van der Waals surface area contributed by atoms with Gasteiger partial charge in [0, 0.05) is 23.8 Å². The summed E-state index contributed by atoms with van der Waals surface area (Å²) >= 11 is 0. The molecule has 43 heavy (non-hydrogen) atoms. The van der Waals surface area contributed by atoms with Crippen molar-refractivity contribution in [2.75, 3.05) is 6.61 Å². The van der Waals surface area contributed by atoms with Crippen molar-refractivity contribution in [1.29, 1.82) is 0 Å². The number of carbonyl (C=O) groups excluding carboxylic acids is 1. The van der Waals surface area contributed by atoms with E-state index in [4.69, 9.17) is 18.6 Å². The Kier molecular flexibility index (Phi) is 8.23. The lowest BCUT2D eigenvalue weighted by Crippen LogP contribution is -2.61. The van der Waals surface area contributed by atoms with Crippen molar-refractivity contribution < 1.29 is 59.2 Å². The summed E-state index contributed by atoms with van der Waals surface area (Å²) in [5.41, 5.74) is -0.395. The SMILES string of the molecule is O=C(/C=C/c1ccc(O)cc1)O[C@H]1[C@@H](O)[C@H](Oc2c(-c3ccc(O)cc3)oc3cc(O)cc(O)c3c2=O)O[C@H](CO)[C@H]1O. The van der Waals surface area contributed by atoms with Gasteiger partial charge >= 0.3 is 5.97 Å². The summed E-state index contributed by atoms with van der Waals surface area (Å²) in [6, 6.07) is 13.3. The molecule has 13 heteroatoms. The normalized spacial score (nSPS) is 22.1. The maximum atomic E-state index is 13.6. The molecule has 1 fully saturated rings. The summed E-state index contributed by atoms with van der Waals surface area (Å²) in [5, 5.41) is 70.6. The Balaban J connectivity index is 1.49. The molecule has 0 saturated carbocycles. The summed E-state index contributed by atoms with van der Waals surface area (Å²) in [5.74, 6) is -2.89. The fraction of sp³-hybridized carbons (Fsp3) is 0.200. The van der Waals surface area contributed by atoms with Crippen LogP contribution in [-0.2, 0) is 14.3 Å². The number of fused-ring (bicyclic) bond motifs is 1. The first-order chi connectivity index (χ1) is 20.5. The molecule has 0 radical (unpaired) electrons. The van der Waals surface area contributed by atoms with Crippen molar-refractivity contribution in [2.45, 2.75) is 30.7 Å². The maximum absolute atomic E-state index is 13.6. The molecule has 5 atom stereocenters. The number of esters is 1. The van der Waals surface area contributed by atoms with Gasteiger partial charge in [-0.15, -0.1) is 0 Å². The van der Waals surface area contributed by atoms with Gasteiger partial charge in [-0.25, -0.2) is 4.79 Å². The van der Waals surface area contributed by atoms with Crippen molar-refractivity contribution >= 4 is 23.0 Å². The van der Waals surface area contributed by atoms with Gasteiger partial charge in [-0.05, 0) is 48.0 Å². The highest BCUT2D eigenvalue weighted by Crippen LogP contribution is 2.37. The monoisotopic (exact) mass is 594 g/mol. The van der Waals surface area contributed by atoms with Gasteiger partial charge in [0.1, 0.15) is 46.2 Å². The van der Waals surface area contributed by atoms with Crippen molar-refractivity contribution in [3.63, 3.8) is 0 Å². The largest absolute Gasteiger partial charge is 0.508 e. The molecular formula is C30H26O13. The van der Waals surface area contributed by atoms with Gasteiger partial charge in [-0.3, -0.25) is 4.79 Å². The first-order valence-corrected chi connectivity index (χ1v) is 12.8. The van der Waals surface area contributed by atoms with Gasteiger partial charge in [0.15, 0.2) is 18.0 Å². The minimum atomic E-state index is -1.90. The van der Waals surface area contributed by atoms with Crippen molar-refractivity contribution in [1.82, 2.24) is 0 Å². The van der Waals surface area contributed by atoms with Crippen LogP contribution in [0.3, 0.4) is 0 Å². The lowest BCUT2D eigenvalue weighted by molar-refractivity contribution is -0.280. The highest BCUT2D eigenvalue weighted by molar-refractivity contribution is 5.88. The second-order valence-corrected chi connectivity index (χ2v) is 9.63. The van der Waals surface area contributed by atoms with Crippen LogP contribution in [-0.4, -0.2) is 79.0 Å². The molecule has 7 N–H and O–H groups in total. The fourth-order valence-electron chi connectivity index (χ4n) is 4.51. The Morgan fingerprint density at radius 3 is 2.19 bits per heavy atom. The van der Waals surface area contributed by atoms with E-state index in [0.717, 1.165) is 18.2 Å². The van der Waals surface area contributed by atoms with Crippen LogP contribution in [0.2, 0.25) is 0 Å². The first-order valence-electron chi connectivity index (χ1n) is 12.8. The zero-order valence-electron chi connectivity index (χ0n) is 22.1. The molecule has 1 aliphatic heterocycles. The van der Waals surface area contributed by atoms with Gasteiger partial charge in [0.2, 0.25) is 17.5 Å². The average molecular weight is 595 g/mol. The van der Waals surface area contributed by atoms with Crippen LogP contribution in [0, 0.1) is 0 Å². The Morgan fingerprint density at radius 1 is 0.884 bits per heavy atom. The van der Waals surface area contributed by atoms with E-state index >= 15 is 0 Å². The van der Waals surface area contributed by atoms with E-state index in [1.54, 1.807) is 0 Å². The third-order valence-corrected chi connectivity index (χ3v) is 6.66. The molecule has 5 rings (SSSR count). The molecule has 224 valence electrons. The van der Waals surface area contributed by atoms with E-state index in [2.05, 4.69) is 0 Å². The molecule has 0 aliphatic carbocycles. The highest BCUT2D eigenvalue weighted by Gasteiger charge is 2.48. The van der Waals surface area contributed by atoms with Crippen LogP contribution >= 0.6 is 0 Å². The number of benzene rings is 3. The number of phenolic OH excluding ortho intramolecular Hbond substituents is 4. The number of aliphatic hydroxyl groups excluding tert-OH is 3. The Bertz CT molecular complexity index is 1710.